The van der Waals surface area contributed by atoms with Crippen molar-refractivity contribution in [2.75, 3.05) is 0 Å². The first-order chi connectivity index (χ1) is 8.09. The molecule has 2 rings (SSSR count). The van der Waals surface area contributed by atoms with Gasteiger partial charge in [0.25, 0.3) is 18.4 Å². The molecule has 0 heterocycles. The van der Waals surface area contributed by atoms with Crippen molar-refractivity contribution < 1.29 is 31.4 Å². The first kappa shape index (κ1) is 12.5. The molecule has 0 spiro atoms. The minimum absolute atomic E-state index is 0.713. The lowest BCUT2D eigenvalue weighted by molar-refractivity contribution is -0.721. The van der Waals surface area contributed by atoms with Crippen molar-refractivity contribution in [2.24, 2.45) is 0 Å². The van der Waals surface area contributed by atoms with Gasteiger partial charge in [-0.05, 0) is 24.3 Å². The molecule has 3 nitrogen and oxygen atoms in total. The Kier molecular flexibility index (Phi) is 3.80. The zero-order valence-electron chi connectivity index (χ0n) is 8.82. The summed E-state index contributed by atoms with van der Waals surface area (Å²) in [6, 6.07) is 17.8. The summed E-state index contributed by atoms with van der Waals surface area (Å²) in [5.74, 6) is 0. The molecule has 0 saturated heterocycles. The Morgan fingerprint density at radius 2 is 1.12 bits per heavy atom. The van der Waals surface area contributed by atoms with Gasteiger partial charge in [0.05, 0.1) is 0 Å². The molecule has 0 fully saturated rings. The minimum atomic E-state index is -4.01. The van der Waals surface area contributed by atoms with Crippen LogP contribution in [0, 0.1) is 7.14 Å². The van der Waals surface area contributed by atoms with Crippen LogP contribution in [0.2, 0.25) is 0 Å². The standard InChI is InChI=1S/C12H11IO3S/c14-17(15,16)13(11-7-3-1-4-8-11)12-9-5-2-6-10-12/h1-10H,(H,14,15,16)/q+1. The van der Waals surface area contributed by atoms with Crippen LogP contribution in [0.25, 0.3) is 0 Å². The van der Waals surface area contributed by atoms with Crippen LogP contribution in [-0.4, -0.2) is 13.0 Å². The molecule has 0 aliphatic carbocycles. The number of hydrogen-bond donors (Lipinski definition) is 1. The Morgan fingerprint density at radius 3 is 1.41 bits per heavy atom. The highest BCUT2D eigenvalue weighted by molar-refractivity contribution is 7.79. The molecule has 1 radical (unpaired) electrons. The first-order valence-electron chi connectivity index (χ1n) is 4.87. The van der Waals surface area contributed by atoms with E-state index >= 15 is 0 Å². The van der Waals surface area contributed by atoms with Gasteiger partial charge in [0.2, 0.25) is 0 Å². The van der Waals surface area contributed by atoms with Gasteiger partial charge in [0.15, 0.2) is 7.14 Å². The highest BCUT2D eigenvalue weighted by atomic mass is 127. The second kappa shape index (κ2) is 5.16. The van der Waals surface area contributed by atoms with Gasteiger partial charge in [-0.3, -0.25) is 4.55 Å². The second-order valence-corrected chi connectivity index (χ2v) is 13.4. The Balaban J connectivity index is 2.56. The monoisotopic (exact) mass is 362 g/mol. The topological polar surface area (TPSA) is 54.4 Å². The molecule has 89 valence electrons. The van der Waals surface area contributed by atoms with E-state index in [1.165, 1.54) is 0 Å². The summed E-state index contributed by atoms with van der Waals surface area (Å²) >= 11 is -2.81. The van der Waals surface area contributed by atoms with Gasteiger partial charge < -0.3 is 0 Å². The van der Waals surface area contributed by atoms with E-state index in [1.54, 1.807) is 48.5 Å². The lowest BCUT2D eigenvalue weighted by Crippen LogP contribution is -3.87. The molecule has 2 aromatic carbocycles. The fourth-order valence-corrected chi connectivity index (χ4v) is 9.95. The maximum Gasteiger partial charge on any atom is 0.442 e. The smallest absolute Gasteiger partial charge is 0.251 e. The average Bonchev–Trinajstić information content (AvgIpc) is 2.30. The molecule has 2 aromatic rings. The van der Waals surface area contributed by atoms with Gasteiger partial charge in [0.1, 0.15) is 0 Å². The van der Waals surface area contributed by atoms with Crippen molar-refractivity contribution in [3.05, 3.63) is 67.8 Å². The normalized spacial score (nSPS) is 11.6. The van der Waals surface area contributed by atoms with E-state index in [2.05, 4.69) is 0 Å². The van der Waals surface area contributed by atoms with Gasteiger partial charge >= 0.3 is 7.29 Å². The Labute approximate surface area is 106 Å². The summed E-state index contributed by atoms with van der Waals surface area (Å²) in [5.41, 5.74) is 0. The molecular formula is C12H11IO3S+. The largest absolute Gasteiger partial charge is 0.442 e. The molecule has 5 heteroatoms. The van der Waals surface area contributed by atoms with Crippen molar-refractivity contribution in [1.29, 1.82) is 0 Å². The third-order valence-electron chi connectivity index (χ3n) is 2.06. The van der Waals surface area contributed by atoms with E-state index in [4.69, 9.17) is 0 Å². The summed E-state index contributed by atoms with van der Waals surface area (Å²) in [7, 11) is -4.01. The third-order valence-corrected chi connectivity index (χ3v) is 11.9. The Bertz CT molecular complexity index is 542. The molecule has 17 heavy (non-hydrogen) atoms. The van der Waals surface area contributed by atoms with E-state index in [0.717, 1.165) is 0 Å². The van der Waals surface area contributed by atoms with Crippen LogP contribution in [0.5, 0.6) is 0 Å². The maximum absolute atomic E-state index is 11.6. The second-order valence-electron chi connectivity index (χ2n) is 3.25. The number of benzene rings is 2. The van der Waals surface area contributed by atoms with Gasteiger partial charge in [-0.2, -0.15) is 8.42 Å². The first-order valence-corrected chi connectivity index (χ1v) is 11.0. The molecule has 0 aliphatic heterocycles. The fraction of sp³-hybridized carbons (Fsp3) is 0. The molecule has 0 aromatic heterocycles. The predicted octanol–water partition coefficient (Wildman–Crippen LogP) is -0.846. The lowest BCUT2D eigenvalue weighted by Gasteiger charge is -2.01. The van der Waals surface area contributed by atoms with Crippen molar-refractivity contribution >= 4 is 7.29 Å². The van der Waals surface area contributed by atoms with E-state index in [0.29, 0.717) is 7.14 Å². The summed E-state index contributed by atoms with van der Waals surface area (Å²) in [4.78, 5) is 0. The van der Waals surface area contributed by atoms with Gasteiger partial charge in [0, 0.05) is 0 Å². The van der Waals surface area contributed by atoms with Gasteiger partial charge in [-0.1, -0.05) is 36.4 Å². The SMILES string of the molecule is O=S(=O)(O)[I+](c1ccccc1)c1ccccc1. The highest BCUT2D eigenvalue weighted by Crippen LogP contribution is 1.88. The van der Waals surface area contributed by atoms with Crippen LogP contribution in [-0.2, 0) is 7.29 Å². The summed E-state index contributed by atoms with van der Waals surface area (Å²) < 4.78 is 34.0. The number of rotatable bonds is 3. The van der Waals surface area contributed by atoms with Crippen LogP contribution < -0.4 is 18.4 Å². The Morgan fingerprint density at radius 1 is 0.765 bits per heavy atom. The van der Waals surface area contributed by atoms with Crippen molar-refractivity contribution in [3.8, 4) is 0 Å². The van der Waals surface area contributed by atoms with Crippen LogP contribution >= 0.6 is 0 Å². The zero-order valence-corrected chi connectivity index (χ0v) is 11.8. The molecule has 0 saturated carbocycles. The van der Waals surface area contributed by atoms with Crippen LogP contribution in [0.3, 0.4) is 0 Å². The van der Waals surface area contributed by atoms with Crippen molar-refractivity contribution in [2.45, 2.75) is 0 Å². The number of halogens is 1. The molecule has 0 unspecified atom stereocenters. The zero-order chi connectivity index (χ0) is 12.3. The average molecular weight is 362 g/mol. The van der Waals surface area contributed by atoms with Gasteiger partial charge in [-0.25, -0.2) is 0 Å². The van der Waals surface area contributed by atoms with E-state index < -0.39 is 25.7 Å². The van der Waals surface area contributed by atoms with Gasteiger partial charge in [-0.15, -0.1) is 0 Å². The summed E-state index contributed by atoms with van der Waals surface area (Å²) in [5, 5.41) is 0. The van der Waals surface area contributed by atoms with Crippen LogP contribution in [0.4, 0.5) is 0 Å². The minimum Gasteiger partial charge on any atom is -0.251 e. The molecule has 0 aliphatic rings. The summed E-state index contributed by atoms with van der Waals surface area (Å²) in [6.07, 6.45) is 0. The fourth-order valence-electron chi connectivity index (χ4n) is 1.41. The third kappa shape index (κ3) is 3.05. The molecule has 1 N–H and O–H groups in total. The Hall–Kier alpha value is -0.920. The lowest BCUT2D eigenvalue weighted by atomic mass is 10.4. The highest BCUT2D eigenvalue weighted by Gasteiger charge is 2.41. The molecule has 0 bridgehead atoms. The van der Waals surface area contributed by atoms with Crippen molar-refractivity contribution in [3.63, 3.8) is 0 Å². The molecular weight excluding hydrogens is 351 g/mol. The van der Waals surface area contributed by atoms with Crippen LogP contribution in [0.15, 0.2) is 60.7 Å². The van der Waals surface area contributed by atoms with E-state index in [9.17, 15) is 13.0 Å². The van der Waals surface area contributed by atoms with Crippen LogP contribution in [0.1, 0.15) is 0 Å². The van der Waals surface area contributed by atoms with Crippen molar-refractivity contribution in [1.82, 2.24) is 0 Å². The molecule has 0 atom stereocenters. The maximum atomic E-state index is 11.6. The van der Waals surface area contributed by atoms with E-state index in [-0.39, 0.29) is 0 Å². The summed E-state index contributed by atoms with van der Waals surface area (Å²) in [6.45, 7) is 0. The predicted molar refractivity (Wildman–Crippen MR) is 61.8 cm³/mol. The van der Waals surface area contributed by atoms with E-state index in [1.807, 2.05) is 12.1 Å². The number of hydrogen-bond acceptors (Lipinski definition) is 2. The quantitative estimate of drug-likeness (QED) is 0.440. The molecule has 0 amide bonds.